The van der Waals surface area contributed by atoms with Crippen LogP contribution in [-0.4, -0.2) is 23.7 Å². The van der Waals surface area contributed by atoms with Crippen LogP contribution in [0.25, 0.3) is 0 Å². The molecule has 0 radical (unpaired) electrons. The summed E-state index contributed by atoms with van der Waals surface area (Å²) >= 11 is 0. The first-order chi connectivity index (χ1) is 8.47. The molecule has 1 amide bonds. The molecule has 3 heteroatoms. The predicted octanol–water partition coefficient (Wildman–Crippen LogP) is 2.44. The van der Waals surface area contributed by atoms with Gasteiger partial charge in [0.15, 0.2) is 0 Å². The van der Waals surface area contributed by atoms with Crippen molar-refractivity contribution >= 4 is 5.91 Å². The van der Waals surface area contributed by atoms with E-state index in [1.54, 1.807) is 0 Å². The number of aliphatic hydroxyl groups excluding tert-OH is 1. The molecule has 3 nitrogen and oxygen atoms in total. The van der Waals surface area contributed by atoms with Crippen molar-refractivity contribution in [2.75, 3.05) is 6.61 Å². The van der Waals surface area contributed by atoms with Crippen molar-refractivity contribution in [1.29, 1.82) is 0 Å². The molecular formula is C15H23NO2. The molecule has 0 spiro atoms. The molecule has 1 rings (SSSR count). The van der Waals surface area contributed by atoms with Gasteiger partial charge < -0.3 is 10.4 Å². The van der Waals surface area contributed by atoms with Gasteiger partial charge in [-0.3, -0.25) is 4.79 Å². The lowest BCUT2D eigenvalue weighted by Crippen LogP contribution is -2.39. The second-order valence-corrected chi connectivity index (χ2v) is 5.10. The summed E-state index contributed by atoms with van der Waals surface area (Å²) in [5.74, 6) is 0.267. The Kier molecular flexibility index (Phi) is 5.35. The van der Waals surface area contributed by atoms with Gasteiger partial charge in [-0.25, -0.2) is 0 Å². The van der Waals surface area contributed by atoms with E-state index in [-0.39, 0.29) is 18.6 Å². The highest BCUT2D eigenvalue weighted by Gasteiger charge is 2.18. The van der Waals surface area contributed by atoms with Crippen LogP contribution in [0.5, 0.6) is 0 Å². The van der Waals surface area contributed by atoms with Crippen molar-refractivity contribution in [3.05, 3.63) is 34.9 Å². The largest absolute Gasteiger partial charge is 0.396 e. The van der Waals surface area contributed by atoms with E-state index in [4.69, 9.17) is 5.11 Å². The van der Waals surface area contributed by atoms with Crippen molar-refractivity contribution in [1.82, 2.24) is 5.32 Å². The molecule has 0 fully saturated rings. The highest BCUT2D eigenvalue weighted by atomic mass is 16.3. The van der Waals surface area contributed by atoms with Crippen LogP contribution in [0, 0.1) is 19.8 Å². The first-order valence-corrected chi connectivity index (χ1v) is 6.45. The molecule has 1 aromatic rings. The van der Waals surface area contributed by atoms with Gasteiger partial charge in [0.25, 0.3) is 5.91 Å². The molecule has 1 unspecified atom stereocenters. The molecule has 2 N–H and O–H groups in total. The lowest BCUT2D eigenvalue weighted by Gasteiger charge is -2.22. The maximum Gasteiger partial charge on any atom is 0.252 e. The van der Waals surface area contributed by atoms with E-state index in [9.17, 15) is 4.79 Å². The molecular weight excluding hydrogens is 226 g/mol. The van der Waals surface area contributed by atoms with Crippen LogP contribution in [0.4, 0.5) is 0 Å². The van der Waals surface area contributed by atoms with Crippen molar-refractivity contribution in [2.24, 2.45) is 5.92 Å². The van der Waals surface area contributed by atoms with Gasteiger partial charge in [0.2, 0.25) is 0 Å². The minimum atomic E-state index is -0.0438. The molecule has 100 valence electrons. The number of hydrogen-bond donors (Lipinski definition) is 2. The molecule has 0 aliphatic rings. The van der Waals surface area contributed by atoms with E-state index in [1.807, 2.05) is 45.9 Å². The fraction of sp³-hybridized carbons (Fsp3) is 0.533. The van der Waals surface area contributed by atoms with Crippen LogP contribution in [-0.2, 0) is 0 Å². The van der Waals surface area contributed by atoms with Crippen molar-refractivity contribution in [3.63, 3.8) is 0 Å². The Balaban J connectivity index is 2.87. The van der Waals surface area contributed by atoms with Crippen LogP contribution in [0.1, 0.15) is 41.8 Å². The average molecular weight is 249 g/mol. The summed E-state index contributed by atoms with van der Waals surface area (Å²) in [6, 6.07) is 5.85. The summed E-state index contributed by atoms with van der Waals surface area (Å²) in [4.78, 5) is 12.3. The lowest BCUT2D eigenvalue weighted by molar-refractivity contribution is 0.0915. The van der Waals surface area contributed by atoms with E-state index in [1.165, 1.54) is 0 Å². The van der Waals surface area contributed by atoms with Crippen LogP contribution >= 0.6 is 0 Å². The summed E-state index contributed by atoms with van der Waals surface area (Å²) in [5.41, 5.74) is 2.72. The molecule has 0 aliphatic carbocycles. The monoisotopic (exact) mass is 249 g/mol. The fourth-order valence-corrected chi connectivity index (χ4v) is 2.12. The molecule has 0 aliphatic heterocycles. The van der Waals surface area contributed by atoms with Crippen molar-refractivity contribution in [3.8, 4) is 0 Å². The molecule has 1 aromatic carbocycles. The van der Waals surface area contributed by atoms with Gasteiger partial charge >= 0.3 is 0 Å². The van der Waals surface area contributed by atoms with Gasteiger partial charge in [0, 0.05) is 18.2 Å². The third kappa shape index (κ3) is 3.57. The molecule has 18 heavy (non-hydrogen) atoms. The third-order valence-corrected chi connectivity index (χ3v) is 3.27. The van der Waals surface area contributed by atoms with Gasteiger partial charge in [-0.05, 0) is 37.3 Å². The molecule has 0 aromatic heterocycles. The summed E-state index contributed by atoms with van der Waals surface area (Å²) in [7, 11) is 0. The van der Waals surface area contributed by atoms with E-state index in [0.717, 1.165) is 16.7 Å². The van der Waals surface area contributed by atoms with Gasteiger partial charge in [-0.15, -0.1) is 0 Å². The number of aryl methyl sites for hydroxylation is 2. The van der Waals surface area contributed by atoms with Gasteiger partial charge in [0.05, 0.1) is 0 Å². The second-order valence-electron chi connectivity index (χ2n) is 5.10. The quantitative estimate of drug-likeness (QED) is 0.842. The van der Waals surface area contributed by atoms with Crippen LogP contribution in [0.15, 0.2) is 18.2 Å². The summed E-state index contributed by atoms with van der Waals surface area (Å²) in [5, 5.41) is 12.0. The Bertz CT molecular complexity index is 393. The Morgan fingerprint density at radius 1 is 1.28 bits per heavy atom. The number of benzene rings is 1. The summed E-state index contributed by atoms with van der Waals surface area (Å²) in [6.45, 7) is 8.07. The maximum atomic E-state index is 12.3. The zero-order valence-corrected chi connectivity index (χ0v) is 11.7. The van der Waals surface area contributed by atoms with E-state index >= 15 is 0 Å². The SMILES string of the molecule is Cc1cccc(C)c1C(=O)NC(CCO)C(C)C. The molecule has 0 bridgehead atoms. The van der Waals surface area contributed by atoms with E-state index in [0.29, 0.717) is 12.3 Å². The first-order valence-electron chi connectivity index (χ1n) is 6.45. The standard InChI is InChI=1S/C15H23NO2/c1-10(2)13(8-9-17)16-15(18)14-11(3)6-5-7-12(14)4/h5-7,10,13,17H,8-9H2,1-4H3,(H,16,18). The second kappa shape index (κ2) is 6.55. The molecule has 0 saturated carbocycles. The Morgan fingerprint density at radius 2 is 1.83 bits per heavy atom. The number of aliphatic hydroxyl groups is 1. The zero-order chi connectivity index (χ0) is 13.7. The summed E-state index contributed by atoms with van der Waals surface area (Å²) in [6.07, 6.45) is 0.592. The van der Waals surface area contributed by atoms with Gasteiger partial charge in [0.1, 0.15) is 0 Å². The smallest absolute Gasteiger partial charge is 0.252 e. The van der Waals surface area contributed by atoms with Crippen molar-refractivity contribution < 1.29 is 9.90 Å². The normalized spacial score (nSPS) is 12.6. The topological polar surface area (TPSA) is 49.3 Å². The maximum absolute atomic E-state index is 12.3. The van der Waals surface area contributed by atoms with E-state index < -0.39 is 0 Å². The average Bonchev–Trinajstić information content (AvgIpc) is 2.28. The minimum absolute atomic E-state index is 0.0153. The molecule has 0 heterocycles. The highest BCUT2D eigenvalue weighted by Crippen LogP contribution is 2.14. The Hall–Kier alpha value is -1.35. The van der Waals surface area contributed by atoms with Crippen LogP contribution in [0.2, 0.25) is 0 Å². The summed E-state index contributed by atoms with van der Waals surface area (Å²) < 4.78 is 0. The zero-order valence-electron chi connectivity index (χ0n) is 11.7. The fourth-order valence-electron chi connectivity index (χ4n) is 2.12. The number of carbonyl (C=O) groups is 1. The third-order valence-electron chi connectivity index (χ3n) is 3.27. The molecule has 1 atom stereocenters. The molecule has 0 saturated heterocycles. The number of nitrogens with one attached hydrogen (secondary N) is 1. The first kappa shape index (κ1) is 14.7. The number of rotatable bonds is 5. The minimum Gasteiger partial charge on any atom is -0.396 e. The van der Waals surface area contributed by atoms with Crippen LogP contribution in [0.3, 0.4) is 0 Å². The highest BCUT2D eigenvalue weighted by molar-refractivity contribution is 5.97. The van der Waals surface area contributed by atoms with Crippen LogP contribution < -0.4 is 5.32 Å². The van der Waals surface area contributed by atoms with Gasteiger partial charge in [-0.2, -0.15) is 0 Å². The predicted molar refractivity (Wildman–Crippen MR) is 73.7 cm³/mol. The van der Waals surface area contributed by atoms with Crippen molar-refractivity contribution in [2.45, 2.75) is 40.2 Å². The Morgan fingerprint density at radius 3 is 2.28 bits per heavy atom. The number of carbonyl (C=O) groups excluding carboxylic acids is 1. The Labute approximate surface area is 109 Å². The lowest BCUT2D eigenvalue weighted by atomic mass is 9.98. The number of hydrogen-bond acceptors (Lipinski definition) is 2. The van der Waals surface area contributed by atoms with E-state index in [2.05, 4.69) is 5.32 Å². The van der Waals surface area contributed by atoms with Gasteiger partial charge in [-0.1, -0.05) is 32.0 Å². The number of amides is 1.